The molecule has 1 aliphatic heterocycles. The standard InChI is InChI=1S/C13H10FNO3/c1-18-13(17)9-6-15-10-3-2-8(14)4-7(10)5-11(15)12(9)16/h2-5,9H,6H2,1H3. The summed E-state index contributed by atoms with van der Waals surface area (Å²) in [7, 11) is 1.26. The Morgan fingerprint density at radius 2 is 2.22 bits per heavy atom. The lowest BCUT2D eigenvalue weighted by Crippen LogP contribution is -2.22. The summed E-state index contributed by atoms with van der Waals surface area (Å²) in [5, 5.41) is 0.668. The second-order valence-electron chi connectivity index (χ2n) is 4.28. The molecule has 1 aromatic heterocycles. The summed E-state index contributed by atoms with van der Waals surface area (Å²) >= 11 is 0. The molecule has 1 atom stereocenters. The molecule has 0 amide bonds. The van der Waals surface area contributed by atoms with E-state index in [1.807, 2.05) is 0 Å². The van der Waals surface area contributed by atoms with E-state index in [2.05, 4.69) is 4.74 Å². The maximum absolute atomic E-state index is 13.1. The first kappa shape index (κ1) is 11.0. The molecular weight excluding hydrogens is 237 g/mol. The number of ketones is 1. The lowest BCUT2D eigenvalue weighted by molar-refractivity contribution is -0.143. The van der Waals surface area contributed by atoms with Crippen molar-refractivity contribution in [2.75, 3.05) is 7.11 Å². The number of nitrogens with zero attached hydrogens (tertiary/aromatic N) is 1. The number of rotatable bonds is 1. The van der Waals surface area contributed by atoms with Gasteiger partial charge in [-0.05, 0) is 24.3 Å². The van der Waals surface area contributed by atoms with E-state index in [1.54, 1.807) is 16.7 Å². The van der Waals surface area contributed by atoms with Gasteiger partial charge < -0.3 is 9.30 Å². The highest BCUT2D eigenvalue weighted by Gasteiger charge is 2.37. The first-order valence-electron chi connectivity index (χ1n) is 5.52. The number of hydrogen-bond acceptors (Lipinski definition) is 3. The van der Waals surface area contributed by atoms with Gasteiger partial charge in [-0.25, -0.2) is 4.39 Å². The van der Waals surface area contributed by atoms with E-state index in [1.165, 1.54) is 19.2 Å². The van der Waals surface area contributed by atoms with Gasteiger partial charge in [0.25, 0.3) is 0 Å². The van der Waals surface area contributed by atoms with Crippen LogP contribution in [0.3, 0.4) is 0 Å². The number of carbonyl (C=O) groups is 2. The molecule has 3 rings (SSSR count). The van der Waals surface area contributed by atoms with Crippen molar-refractivity contribution in [3.05, 3.63) is 35.8 Å². The molecule has 0 bridgehead atoms. The van der Waals surface area contributed by atoms with Crippen LogP contribution in [0, 0.1) is 11.7 Å². The van der Waals surface area contributed by atoms with Gasteiger partial charge in [-0.2, -0.15) is 0 Å². The number of aromatic nitrogens is 1. The van der Waals surface area contributed by atoms with Crippen molar-refractivity contribution in [2.45, 2.75) is 6.54 Å². The molecule has 0 spiro atoms. The Bertz CT molecular complexity index is 674. The molecule has 0 N–H and O–H groups in total. The number of ether oxygens (including phenoxy) is 1. The molecule has 18 heavy (non-hydrogen) atoms. The van der Waals surface area contributed by atoms with Crippen molar-refractivity contribution in [3.63, 3.8) is 0 Å². The van der Waals surface area contributed by atoms with Crippen LogP contribution in [0.1, 0.15) is 10.5 Å². The monoisotopic (exact) mass is 247 g/mol. The fourth-order valence-corrected chi connectivity index (χ4v) is 2.41. The molecule has 0 saturated heterocycles. The van der Waals surface area contributed by atoms with E-state index < -0.39 is 11.9 Å². The summed E-state index contributed by atoms with van der Waals surface area (Å²) in [5.41, 5.74) is 1.19. The van der Waals surface area contributed by atoms with E-state index in [9.17, 15) is 14.0 Å². The minimum absolute atomic E-state index is 0.260. The lowest BCUT2D eigenvalue weighted by atomic mass is 10.1. The third kappa shape index (κ3) is 1.37. The second-order valence-corrected chi connectivity index (χ2v) is 4.28. The van der Waals surface area contributed by atoms with E-state index in [0.717, 1.165) is 5.52 Å². The van der Waals surface area contributed by atoms with Gasteiger partial charge in [0.2, 0.25) is 0 Å². The fraction of sp³-hybridized carbons (Fsp3) is 0.231. The zero-order valence-electron chi connectivity index (χ0n) is 9.64. The summed E-state index contributed by atoms with van der Waals surface area (Å²) in [6.07, 6.45) is 0. The number of benzene rings is 1. The number of halogens is 1. The Kier molecular flexibility index (Phi) is 2.23. The zero-order chi connectivity index (χ0) is 12.9. The Balaban J connectivity index is 2.12. The Morgan fingerprint density at radius 1 is 1.44 bits per heavy atom. The number of hydrogen-bond donors (Lipinski definition) is 0. The molecule has 2 heterocycles. The summed E-state index contributed by atoms with van der Waals surface area (Å²) in [5.74, 6) is -1.92. The lowest BCUT2D eigenvalue weighted by Gasteiger charge is -2.05. The zero-order valence-corrected chi connectivity index (χ0v) is 9.64. The van der Waals surface area contributed by atoms with E-state index in [4.69, 9.17) is 0 Å². The molecule has 1 aliphatic rings. The van der Waals surface area contributed by atoms with Crippen molar-refractivity contribution >= 4 is 22.7 Å². The molecule has 0 radical (unpaired) electrons. The minimum Gasteiger partial charge on any atom is -0.468 e. The van der Waals surface area contributed by atoms with Crippen LogP contribution in [0.4, 0.5) is 4.39 Å². The number of esters is 1. The van der Waals surface area contributed by atoms with Gasteiger partial charge in [-0.15, -0.1) is 0 Å². The molecule has 0 saturated carbocycles. The average molecular weight is 247 g/mol. The van der Waals surface area contributed by atoms with Gasteiger partial charge in [0, 0.05) is 17.4 Å². The highest BCUT2D eigenvalue weighted by Crippen LogP contribution is 2.29. The van der Waals surface area contributed by atoms with Crippen molar-refractivity contribution in [2.24, 2.45) is 5.92 Å². The van der Waals surface area contributed by atoms with E-state index in [-0.39, 0.29) is 18.1 Å². The SMILES string of the molecule is COC(=O)C1Cn2c(cc3cc(F)ccc32)C1=O. The first-order valence-corrected chi connectivity index (χ1v) is 5.52. The molecule has 0 fully saturated rings. The van der Waals surface area contributed by atoms with Crippen molar-refractivity contribution < 1.29 is 18.7 Å². The number of carbonyl (C=O) groups excluding carboxylic acids is 2. The van der Waals surface area contributed by atoms with Crippen LogP contribution in [0.25, 0.3) is 10.9 Å². The molecule has 92 valence electrons. The molecular formula is C13H10FNO3. The van der Waals surface area contributed by atoms with Crippen LogP contribution in [-0.2, 0) is 16.1 Å². The second kappa shape index (κ2) is 3.66. The largest absolute Gasteiger partial charge is 0.468 e. The van der Waals surface area contributed by atoms with Crippen LogP contribution in [-0.4, -0.2) is 23.4 Å². The third-order valence-corrected chi connectivity index (χ3v) is 3.28. The topological polar surface area (TPSA) is 48.3 Å². The highest BCUT2D eigenvalue weighted by atomic mass is 19.1. The molecule has 5 heteroatoms. The van der Waals surface area contributed by atoms with Gasteiger partial charge in [0.15, 0.2) is 5.78 Å². The fourth-order valence-electron chi connectivity index (χ4n) is 2.41. The van der Waals surface area contributed by atoms with Gasteiger partial charge in [0.1, 0.15) is 11.7 Å². The van der Waals surface area contributed by atoms with Crippen LogP contribution in [0.15, 0.2) is 24.3 Å². The summed E-state index contributed by atoms with van der Waals surface area (Å²) in [4.78, 5) is 23.5. The Morgan fingerprint density at radius 3 is 2.94 bits per heavy atom. The molecule has 1 aromatic carbocycles. The smallest absolute Gasteiger partial charge is 0.318 e. The highest BCUT2D eigenvalue weighted by molar-refractivity contribution is 6.12. The normalized spacial score (nSPS) is 18.1. The number of fused-ring (bicyclic) bond motifs is 3. The van der Waals surface area contributed by atoms with Crippen molar-refractivity contribution in [3.8, 4) is 0 Å². The first-order chi connectivity index (χ1) is 8.61. The average Bonchev–Trinajstić information content (AvgIpc) is 2.85. The minimum atomic E-state index is -0.778. The van der Waals surface area contributed by atoms with Gasteiger partial charge >= 0.3 is 5.97 Å². The maximum Gasteiger partial charge on any atom is 0.318 e. The summed E-state index contributed by atoms with van der Waals surface area (Å²) < 4.78 is 19.4. The molecule has 0 aliphatic carbocycles. The van der Waals surface area contributed by atoms with Crippen molar-refractivity contribution in [1.29, 1.82) is 0 Å². The molecule has 4 nitrogen and oxygen atoms in total. The molecule has 2 aromatic rings. The summed E-state index contributed by atoms with van der Waals surface area (Å²) in [6.45, 7) is 0.260. The predicted octanol–water partition coefficient (Wildman–Crippen LogP) is 1.77. The van der Waals surface area contributed by atoms with Gasteiger partial charge in [-0.1, -0.05) is 0 Å². The van der Waals surface area contributed by atoms with E-state index in [0.29, 0.717) is 11.1 Å². The van der Waals surface area contributed by atoms with Gasteiger partial charge in [-0.3, -0.25) is 9.59 Å². The predicted molar refractivity (Wildman–Crippen MR) is 61.7 cm³/mol. The van der Waals surface area contributed by atoms with Crippen LogP contribution in [0.2, 0.25) is 0 Å². The van der Waals surface area contributed by atoms with Crippen LogP contribution in [0.5, 0.6) is 0 Å². The Labute approximate surface area is 102 Å². The molecule has 1 unspecified atom stereocenters. The van der Waals surface area contributed by atoms with Crippen LogP contribution < -0.4 is 0 Å². The third-order valence-electron chi connectivity index (χ3n) is 3.28. The summed E-state index contributed by atoms with van der Waals surface area (Å²) in [6, 6.07) is 5.94. The number of methoxy groups -OCH3 is 1. The number of Topliss-reactive ketones (excluding diaryl/α,β-unsaturated/α-hetero) is 1. The van der Waals surface area contributed by atoms with Crippen LogP contribution >= 0.6 is 0 Å². The quantitative estimate of drug-likeness (QED) is 0.570. The maximum atomic E-state index is 13.1. The van der Waals surface area contributed by atoms with E-state index >= 15 is 0 Å². The van der Waals surface area contributed by atoms with Crippen molar-refractivity contribution in [1.82, 2.24) is 4.57 Å². The Hall–Kier alpha value is -2.17. The van der Waals surface area contributed by atoms with Gasteiger partial charge in [0.05, 0.1) is 12.8 Å².